The van der Waals surface area contributed by atoms with Crippen LogP contribution in [0.25, 0.3) is 0 Å². The van der Waals surface area contributed by atoms with Crippen LogP contribution >= 0.6 is 0 Å². The van der Waals surface area contributed by atoms with Crippen molar-refractivity contribution in [2.45, 2.75) is 25.8 Å². The van der Waals surface area contributed by atoms with Gasteiger partial charge in [0, 0.05) is 25.2 Å². The second-order valence-corrected chi connectivity index (χ2v) is 4.67. The van der Waals surface area contributed by atoms with Gasteiger partial charge in [0.25, 0.3) is 11.6 Å². The van der Waals surface area contributed by atoms with Gasteiger partial charge in [-0.3, -0.25) is 14.9 Å². The number of aromatic amines is 1. The number of hydrogen-bond donors (Lipinski definition) is 2. The van der Waals surface area contributed by atoms with Crippen LogP contribution in [-0.2, 0) is 0 Å². The highest BCUT2D eigenvalue weighted by molar-refractivity contribution is 5.93. The van der Waals surface area contributed by atoms with E-state index in [1.807, 2.05) is 6.92 Å². The first-order chi connectivity index (χ1) is 9.11. The van der Waals surface area contributed by atoms with Gasteiger partial charge in [-0.25, -0.2) is 0 Å². The van der Waals surface area contributed by atoms with Crippen molar-refractivity contribution in [2.75, 3.05) is 19.6 Å². The highest BCUT2D eigenvalue weighted by Crippen LogP contribution is 2.15. The minimum absolute atomic E-state index is 0.0848. The fourth-order valence-corrected chi connectivity index (χ4v) is 2.32. The van der Waals surface area contributed by atoms with Gasteiger partial charge in [0.05, 0.1) is 11.1 Å². The number of aromatic nitrogens is 1. The Morgan fingerprint density at radius 2 is 2.42 bits per heavy atom. The maximum Gasteiger partial charge on any atom is 0.287 e. The lowest BCUT2D eigenvalue weighted by molar-refractivity contribution is -0.384. The molecule has 1 fully saturated rings. The van der Waals surface area contributed by atoms with Gasteiger partial charge in [0.15, 0.2) is 0 Å². The topological polar surface area (TPSA) is 91.3 Å². The van der Waals surface area contributed by atoms with Gasteiger partial charge in [-0.2, -0.15) is 0 Å². The van der Waals surface area contributed by atoms with E-state index in [2.05, 4.69) is 10.3 Å². The van der Waals surface area contributed by atoms with Crippen LogP contribution in [-0.4, -0.2) is 46.4 Å². The van der Waals surface area contributed by atoms with Crippen molar-refractivity contribution in [1.82, 2.24) is 15.2 Å². The quantitative estimate of drug-likeness (QED) is 0.617. The molecule has 1 saturated heterocycles. The molecule has 7 nitrogen and oxygen atoms in total. The Morgan fingerprint density at radius 3 is 2.95 bits per heavy atom. The zero-order valence-electron chi connectivity index (χ0n) is 10.9. The number of nitrogens with zero attached hydrogens (tertiary/aromatic N) is 2. The molecule has 0 radical (unpaired) electrons. The number of H-pyrrole nitrogens is 1. The van der Waals surface area contributed by atoms with E-state index in [4.69, 9.17) is 0 Å². The molecule has 19 heavy (non-hydrogen) atoms. The summed E-state index contributed by atoms with van der Waals surface area (Å²) in [5, 5.41) is 13.9. The molecule has 0 spiro atoms. The first-order valence-electron chi connectivity index (χ1n) is 6.47. The van der Waals surface area contributed by atoms with Crippen LogP contribution in [0.4, 0.5) is 5.69 Å². The molecule has 1 atom stereocenters. The zero-order chi connectivity index (χ0) is 13.8. The minimum Gasteiger partial charge on any atom is -0.351 e. The monoisotopic (exact) mass is 266 g/mol. The molecular weight excluding hydrogens is 248 g/mol. The summed E-state index contributed by atoms with van der Waals surface area (Å²) in [4.78, 5) is 26.7. The Morgan fingerprint density at radius 1 is 1.63 bits per heavy atom. The van der Waals surface area contributed by atoms with Crippen LogP contribution in [0.2, 0.25) is 0 Å². The Balaban J connectivity index is 2.04. The van der Waals surface area contributed by atoms with Crippen molar-refractivity contribution >= 4 is 11.6 Å². The van der Waals surface area contributed by atoms with Gasteiger partial charge in [0.1, 0.15) is 5.69 Å². The normalized spacial score (nSPS) is 18.5. The van der Waals surface area contributed by atoms with Crippen LogP contribution < -0.4 is 5.32 Å². The summed E-state index contributed by atoms with van der Waals surface area (Å²) in [5.74, 6) is -0.190. The Kier molecular flexibility index (Phi) is 4.16. The predicted octanol–water partition coefficient (Wildman–Crippen LogP) is 1.14. The van der Waals surface area contributed by atoms with Crippen LogP contribution in [0.5, 0.6) is 0 Å². The number of carbonyl (C=O) groups is 1. The third-order valence-corrected chi connectivity index (χ3v) is 3.38. The Hall–Kier alpha value is -1.89. The number of likely N-dealkylation sites (N-methyl/N-ethyl adjacent to an activating group) is 1. The fraction of sp³-hybridized carbons (Fsp3) is 0.583. The van der Waals surface area contributed by atoms with Crippen molar-refractivity contribution in [3.05, 3.63) is 28.1 Å². The van der Waals surface area contributed by atoms with E-state index < -0.39 is 4.92 Å². The summed E-state index contributed by atoms with van der Waals surface area (Å²) in [5.41, 5.74) is 0.185. The molecule has 0 bridgehead atoms. The Labute approximate surface area is 111 Å². The van der Waals surface area contributed by atoms with Crippen molar-refractivity contribution < 1.29 is 9.72 Å². The number of nitrogens with one attached hydrogen (secondary N) is 2. The third kappa shape index (κ3) is 3.11. The molecule has 7 heteroatoms. The van der Waals surface area contributed by atoms with Gasteiger partial charge in [-0.1, -0.05) is 0 Å². The molecular formula is C12H18N4O3. The molecule has 1 unspecified atom stereocenters. The van der Waals surface area contributed by atoms with Gasteiger partial charge in [-0.05, 0) is 26.3 Å². The van der Waals surface area contributed by atoms with Crippen molar-refractivity contribution in [3.63, 3.8) is 0 Å². The second-order valence-electron chi connectivity index (χ2n) is 4.67. The van der Waals surface area contributed by atoms with E-state index in [1.165, 1.54) is 12.3 Å². The highest BCUT2D eigenvalue weighted by Gasteiger charge is 2.23. The maximum atomic E-state index is 12.2. The molecule has 0 aromatic carbocycles. The summed E-state index contributed by atoms with van der Waals surface area (Å²) in [6, 6.07) is 1.61. The first kappa shape index (κ1) is 13.5. The molecule has 2 N–H and O–H groups in total. The third-order valence-electron chi connectivity index (χ3n) is 3.38. The number of rotatable bonds is 5. The molecule has 2 rings (SSSR count). The minimum atomic E-state index is -0.512. The molecule has 1 aliphatic rings. The largest absolute Gasteiger partial charge is 0.351 e. The molecule has 0 saturated carbocycles. The summed E-state index contributed by atoms with van der Waals surface area (Å²) in [6.07, 6.45) is 3.44. The lowest BCUT2D eigenvalue weighted by atomic mass is 10.2. The smallest absolute Gasteiger partial charge is 0.287 e. The molecule has 1 aromatic rings. The van der Waals surface area contributed by atoms with E-state index >= 15 is 0 Å². The summed E-state index contributed by atoms with van der Waals surface area (Å²) < 4.78 is 0. The van der Waals surface area contributed by atoms with Crippen molar-refractivity contribution in [3.8, 4) is 0 Å². The molecule has 2 heterocycles. The van der Waals surface area contributed by atoms with Gasteiger partial charge < -0.3 is 15.2 Å². The first-order valence-corrected chi connectivity index (χ1v) is 6.47. The van der Waals surface area contributed by atoms with Crippen molar-refractivity contribution in [1.29, 1.82) is 0 Å². The van der Waals surface area contributed by atoms with Crippen LogP contribution in [0.3, 0.4) is 0 Å². The van der Waals surface area contributed by atoms with Crippen LogP contribution in [0.15, 0.2) is 12.3 Å². The molecule has 1 aliphatic heterocycles. The molecule has 1 aromatic heterocycles. The molecule has 104 valence electrons. The summed E-state index contributed by atoms with van der Waals surface area (Å²) in [7, 11) is 0. The lowest BCUT2D eigenvalue weighted by Crippen LogP contribution is -2.41. The van der Waals surface area contributed by atoms with E-state index in [0.29, 0.717) is 19.1 Å². The summed E-state index contributed by atoms with van der Waals surface area (Å²) in [6.45, 7) is 4.13. The van der Waals surface area contributed by atoms with E-state index in [0.717, 1.165) is 19.4 Å². The van der Waals surface area contributed by atoms with Crippen molar-refractivity contribution in [2.24, 2.45) is 0 Å². The predicted molar refractivity (Wildman–Crippen MR) is 70.0 cm³/mol. The average molecular weight is 266 g/mol. The number of nitro groups is 1. The number of amides is 1. The lowest BCUT2D eigenvalue weighted by Gasteiger charge is -2.23. The van der Waals surface area contributed by atoms with Gasteiger partial charge in [0.2, 0.25) is 0 Å². The fourth-order valence-electron chi connectivity index (χ4n) is 2.32. The summed E-state index contributed by atoms with van der Waals surface area (Å²) >= 11 is 0. The van der Waals surface area contributed by atoms with E-state index in [9.17, 15) is 14.9 Å². The highest BCUT2D eigenvalue weighted by atomic mass is 16.6. The maximum absolute atomic E-state index is 12.2. The average Bonchev–Trinajstić information content (AvgIpc) is 3.06. The van der Waals surface area contributed by atoms with Crippen LogP contribution in [0.1, 0.15) is 30.3 Å². The van der Waals surface area contributed by atoms with Gasteiger partial charge in [-0.15, -0.1) is 0 Å². The zero-order valence-corrected chi connectivity index (χ0v) is 10.9. The van der Waals surface area contributed by atoms with Crippen LogP contribution in [0, 0.1) is 10.1 Å². The molecule has 0 aliphatic carbocycles. The standard InChI is InChI=1S/C12H18N4O3/c1-2-15(8-9-4-3-5-13-9)12(17)11-6-10(7-14-11)16(18)19/h6-7,9,13-14H,2-5,8H2,1H3. The number of hydrogen-bond acceptors (Lipinski definition) is 4. The van der Waals surface area contributed by atoms with Gasteiger partial charge >= 0.3 is 0 Å². The SMILES string of the molecule is CCN(CC1CCCN1)C(=O)c1cc([N+](=O)[O-])c[nH]1. The van der Waals surface area contributed by atoms with E-state index in [1.54, 1.807) is 4.90 Å². The second kappa shape index (κ2) is 5.83. The molecule has 1 amide bonds. The number of carbonyl (C=O) groups excluding carboxylic acids is 1. The Bertz CT molecular complexity index is 465. The van der Waals surface area contributed by atoms with E-state index in [-0.39, 0.29) is 17.3 Å².